The Kier molecular flexibility index (Phi) is 3.93. The van der Waals surface area contributed by atoms with Crippen LogP contribution in [0.3, 0.4) is 0 Å². The first kappa shape index (κ1) is 13.7. The third-order valence-electron chi connectivity index (χ3n) is 3.38. The summed E-state index contributed by atoms with van der Waals surface area (Å²) in [6.07, 6.45) is 3.58. The standard InChI is InChI=1S/C18H15NOS/c1-14(21(20)13-15-5-3-2-4-6-15)16-7-8-18-12-19-10-9-17(18)11-16/h2-12H,1,13H2/t21-/m0/s1. The van der Waals surface area contributed by atoms with Gasteiger partial charge in [-0.3, -0.25) is 9.19 Å². The summed E-state index contributed by atoms with van der Waals surface area (Å²) in [4.78, 5) is 4.76. The number of hydrogen-bond acceptors (Lipinski definition) is 2. The molecule has 0 amide bonds. The predicted octanol–water partition coefficient (Wildman–Crippen LogP) is 4.15. The Morgan fingerprint density at radius 1 is 1.05 bits per heavy atom. The largest absolute Gasteiger partial charge is 0.264 e. The fraction of sp³-hybridized carbons (Fsp3) is 0.0556. The molecule has 0 spiro atoms. The molecular weight excluding hydrogens is 278 g/mol. The van der Waals surface area contributed by atoms with Gasteiger partial charge in [-0.15, -0.1) is 0 Å². The molecule has 0 saturated carbocycles. The maximum Gasteiger partial charge on any atom is 0.0574 e. The van der Waals surface area contributed by atoms with E-state index in [2.05, 4.69) is 11.6 Å². The minimum atomic E-state index is -1.12. The summed E-state index contributed by atoms with van der Waals surface area (Å²) in [5, 5.41) is 2.16. The predicted molar refractivity (Wildman–Crippen MR) is 89.1 cm³/mol. The van der Waals surface area contributed by atoms with E-state index in [0.717, 1.165) is 21.9 Å². The number of hydrogen-bond donors (Lipinski definition) is 0. The van der Waals surface area contributed by atoms with Gasteiger partial charge < -0.3 is 0 Å². The van der Waals surface area contributed by atoms with Crippen LogP contribution in [0.4, 0.5) is 0 Å². The fourth-order valence-electron chi connectivity index (χ4n) is 2.20. The van der Waals surface area contributed by atoms with E-state index in [0.29, 0.717) is 10.7 Å². The van der Waals surface area contributed by atoms with Crippen molar-refractivity contribution in [3.63, 3.8) is 0 Å². The lowest BCUT2D eigenvalue weighted by Gasteiger charge is -2.07. The van der Waals surface area contributed by atoms with Crippen LogP contribution in [0.1, 0.15) is 11.1 Å². The minimum Gasteiger partial charge on any atom is -0.264 e. The number of rotatable bonds is 4. The van der Waals surface area contributed by atoms with Crippen molar-refractivity contribution in [2.24, 2.45) is 0 Å². The van der Waals surface area contributed by atoms with Crippen LogP contribution in [-0.2, 0) is 16.6 Å². The molecule has 104 valence electrons. The molecule has 0 aliphatic heterocycles. The molecular formula is C18H15NOS. The molecule has 3 aromatic rings. The van der Waals surface area contributed by atoms with Gasteiger partial charge in [0, 0.05) is 22.7 Å². The molecule has 1 atom stereocenters. The Labute approximate surface area is 126 Å². The fourth-order valence-corrected chi connectivity index (χ4v) is 3.26. The number of pyridine rings is 1. The molecule has 1 aromatic heterocycles. The van der Waals surface area contributed by atoms with E-state index in [1.54, 1.807) is 6.20 Å². The Bertz CT molecular complexity index is 812. The summed E-state index contributed by atoms with van der Waals surface area (Å²) in [6.45, 7) is 4.01. The van der Waals surface area contributed by atoms with Crippen molar-refractivity contribution in [2.45, 2.75) is 5.75 Å². The molecule has 3 rings (SSSR count). The van der Waals surface area contributed by atoms with Crippen LogP contribution < -0.4 is 0 Å². The van der Waals surface area contributed by atoms with Gasteiger partial charge in [0.05, 0.1) is 16.6 Å². The second-order valence-corrected chi connectivity index (χ2v) is 6.31. The zero-order valence-electron chi connectivity index (χ0n) is 11.5. The molecule has 0 fully saturated rings. The first-order valence-electron chi connectivity index (χ1n) is 6.69. The average molecular weight is 293 g/mol. The van der Waals surface area contributed by atoms with Crippen LogP contribution in [0.15, 0.2) is 73.6 Å². The van der Waals surface area contributed by atoms with E-state index in [-0.39, 0.29) is 0 Å². The highest BCUT2D eigenvalue weighted by Crippen LogP contribution is 2.23. The van der Waals surface area contributed by atoms with Gasteiger partial charge in [0.2, 0.25) is 0 Å². The van der Waals surface area contributed by atoms with Crippen molar-refractivity contribution in [1.82, 2.24) is 4.98 Å². The second-order valence-electron chi connectivity index (χ2n) is 4.84. The monoisotopic (exact) mass is 293 g/mol. The van der Waals surface area contributed by atoms with E-state index in [9.17, 15) is 4.21 Å². The van der Waals surface area contributed by atoms with Crippen molar-refractivity contribution >= 4 is 26.5 Å². The van der Waals surface area contributed by atoms with Crippen LogP contribution in [-0.4, -0.2) is 9.19 Å². The lowest BCUT2D eigenvalue weighted by atomic mass is 10.1. The van der Waals surface area contributed by atoms with Gasteiger partial charge in [-0.1, -0.05) is 49.0 Å². The van der Waals surface area contributed by atoms with Crippen molar-refractivity contribution in [3.05, 3.63) is 84.7 Å². The maximum absolute atomic E-state index is 12.4. The highest BCUT2D eigenvalue weighted by atomic mass is 32.2. The van der Waals surface area contributed by atoms with Crippen molar-refractivity contribution < 1.29 is 4.21 Å². The van der Waals surface area contributed by atoms with E-state index in [1.165, 1.54) is 0 Å². The van der Waals surface area contributed by atoms with Gasteiger partial charge in [-0.25, -0.2) is 0 Å². The van der Waals surface area contributed by atoms with Crippen LogP contribution in [0.2, 0.25) is 0 Å². The average Bonchev–Trinajstić information content (AvgIpc) is 2.54. The molecule has 0 saturated heterocycles. The second kappa shape index (κ2) is 6.02. The third-order valence-corrected chi connectivity index (χ3v) is 4.76. The van der Waals surface area contributed by atoms with Crippen LogP contribution >= 0.6 is 0 Å². The lowest BCUT2D eigenvalue weighted by molar-refractivity contribution is 0.688. The van der Waals surface area contributed by atoms with Gasteiger partial charge in [-0.2, -0.15) is 0 Å². The van der Waals surface area contributed by atoms with Crippen molar-refractivity contribution in [2.75, 3.05) is 0 Å². The van der Waals surface area contributed by atoms with E-state index in [4.69, 9.17) is 0 Å². The van der Waals surface area contributed by atoms with Gasteiger partial charge >= 0.3 is 0 Å². The summed E-state index contributed by atoms with van der Waals surface area (Å²) < 4.78 is 12.4. The van der Waals surface area contributed by atoms with Gasteiger partial charge in [-0.05, 0) is 28.6 Å². The molecule has 0 unspecified atom stereocenters. The molecule has 21 heavy (non-hydrogen) atoms. The third kappa shape index (κ3) is 3.09. The molecule has 0 radical (unpaired) electrons. The van der Waals surface area contributed by atoms with Crippen molar-refractivity contribution in [3.8, 4) is 0 Å². The van der Waals surface area contributed by atoms with E-state index < -0.39 is 10.8 Å². The quantitative estimate of drug-likeness (QED) is 0.723. The van der Waals surface area contributed by atoms with E-state index in [1.807, 2.05) is 60.8 Å². The minimum absolute atomic E-state index is 0.494. The number of benzene rings is 2. The zero-order valence-corrected chi connectivity index (χ0v) is 12.3. The topological polar surface area (TPSA) is 30.0 Å². The molecule has 0 N–H and O–H groups in total. The molecule has 0 bridgehead atoms. The summed E-state index contributed by atoms with van der Waals surface area (Å²) in [7, 11) is -1.12. The number of nitrogens with zero attached hydrogens (tertiary/aromatic N) is 1. The normalized spacial score (nSPS) is 12.2. The first-order chi connectivity index (χ1) is 10.2. The summed E-state index contributed by atoms with van der Waals surface area (Å²) >= 11 is 0. The Hall–Kier alpha value is -2.26. The summed E-state index contributed by atoms with van der Waals surface area (Å²) in [6, 6.07) is 17.7. The highest BCUT2D eigenvalue weighted by molar-refractivity contribution is 7.93. The van der Waals surface area contributed by atoms with Crippen LogP contribution in [0, 0.1) is 0 Å². The Morgan fingerprint density at radius 3 is 2.67 bits per heavy atom. The zero-order chi connectivity index (χ0) is 14.7. The maximum atomic E-state index is 12.4. The molecule has 0 aliphatic carbocycles. The van der Waals surface area contributed by atoms with Crippen molar-refractivity contribution in [1.29, 1.82) is 0 Å². The molecule has 0 aliphatic rings. The van der Waals surface area contributed by atoms with Crippen LogP contribution in [0.25, 0.3) is 15.7 Å². The molecule has 2 aromatic carbocycles. The molecule has 1 heterocycles. The van der Waals surface area contributed by atoms with Crippen LogP contribution in [0.5, 0.6) is 0 Å². The molecule has 3 heteroatoms. The Morgan fingerprint density at radius 2 is 1.86 bits per heavy atom. The van der Waals surface area contributed by atoms with Gasteiger partial charge in [0.1, 0.15) is 0 Å². The summed E-state index contributed by atoms with van der Waals surface area (Å²) in [5.74, 6) is 0.494. The smallest absolute Gasteiger partial charge is 0.0574 e. The Balaban J connectivity index is 1.84. The lowest BCUT2D eigenvalue weighted by Crippen LogP contribution is -1.98. The van der Waals surface area contributed by atoms with E-state index >= 15 is 0 Å². The van der Waals surface area contributed by atoms with Gasteiger partial charge in [0.25, 0.3) is 0 Å². The van der Waals surface area contributed by atoms with Gasteiger partial charge in [0.15, 0.2) is 0 Å². The first-order valence-corrected chi connectivity index (χ1v) is 8.01. The molecule has 2 nitrogen and oxygen atoms in total. The summed E-state index contributed by atoms with van der Waals surface area (Å²) in [5.41, 5.74) is 1.98. The number of fused-ring (bicyclic) bond motifs is 1. The SMILES string of the molecule is C=C(c1ccc2cnccc2c1)[S@@](=O)Cc1ccccc1. The highest BCUT2D eigenvalue weighted by Gasteiger charge is 2.09. The number of aromatic nitrogens is 1.